The molecule has 20 heavy (non-hydrogen) atoms. The summed E-state index contributed by atoms with van der Waals surface area (Å²) in [7, 11) is 3.37. The highest BCUT2D eigenvalue weighted by atomic mass is 16.2. The van der Waals surface area contributed by atoms with Gasteiger partial charge in [0.05, 0.1) is 12.2 Å². The molecule has 0 saturated carbocycles. The third kappa shape index (κ3) is 3.28. The van der Waals surface area contributed by atoms with Crippen molar-refractivity contribution < 1.29 is 4.79 Å². The van der Waals surface area contributed by atoms with Crippen molar-refractivity contribution in [2.24, 2.45) is 0 Å². The molecule has 104 valence electrons. The van der Waals surface area contributed by atoms with Gasteiger partial charge in [0.1, 0.15) is 5.69 Å². The van der Waals surface area contributed by atoms with Gasteiger partial charge in [0.15, 0.2) is 0 Å². The quantitative estimate of drug-likeness (QED) is 0.825. The largest absolute Gasteiger partial charge is 0.349 e. The van der Waals surface area contributed by atoms with Gasteiger partial charge in [-0.3, -0.25) is 14.6 Å². The average Bonchev–Trinajstić information content (AvgIpc) is 2.47. The number of carbonyl (C=O) groups is 1. The third-order valence-electron chi connectivity index (χ3n) is 2.83. The minimum Gasteiger partial charge on any atom is -0.349 e. The smallest absolute Gasteiger partial charge is 0.266 e. The molecule has 2 heterocycles. The molecule has 0 fully saturated rings. The van der Waals surface area contributed by atoms with E-state index < -0.39 is 0 Å². The van der Waals surface area contributed by atoms with Gasteiger partial charge < -0.3 is 4.90 Å². The first-order chi connectivity index (χ1) is 9.58. The molecule has 2 aromatic rings. The molecule has 0 aliphatic heterocycles. The Labute approximate surface area is 116 Å². The number of carbonyl (C=O) groups excluding carboxylic acids is 1. The number of rotatable bonds is 4. The molecule has 0 radical (unpaired) electrons. The first kappa shape index (κ1) is 13.9. The van der Waals surface area contributed by atoms with Crippen LogP contribution in [-0.4, -0.2) is 39.7 Å². The number of aryl methyl sites for hydroxylation is 1. The van der Waals surface area contributed by atoms with E-state index in [-0.39, 0.29) is 24.4 Å². The van der Waals surface area contributed by atoms with Crippen LogP contribution in [0.4, 0.5) is 0 Å². The van der Waals surface area contributed by atoms with Crippen LogP contribution in [0, 0.1) is 0 Å². The fraction of sp³-hybridized carbons (Fsp3) is 0.286. The summed E-state index contributed by atoms with van der Waals surface area (Å²) >= 11 is 0. The Hall–Kier alpha value is -2.50. The summed E-state index contributed by atoms with van der Waals surface area (Å²) < 4.78 is 1.30. The Kier molecular flexibility index (Phi) is 4.24. The fourth-order valence-corrected chi connectivity index (χ4v) is 1.69. The second-order valence-corrected chi connectivity index (χ2v) is 4.53. The van der Waals surface area contributed by atoms with E-state index in [1.54, 1.807) is 26.4 Å². The van der Waals surface area contributed by atoms with Crippen molar-refractivity contribution in [1.82, 2.24) is 19.7 Å². The van der Waals surface area contributed by atoms with E-state index in [1.807, 2.05) is 18.2 Å². The molecule has 2 rings (SSSR count). The van der Waals surface area contributed by atoms with Gasteiger partial charge in [-0.05, 0) is 18.2 Å². The van der Waals surface area contributed by atoms with Crippen LogP contribution in [-0.2, 0) is 11.3 Å². The first-order valence-corrected chi connectivity index (χ1v) is 6.27. The first-order valence-electron chi connectivity index (χ1n) is 6.27. The Morgan fingerprint density at radius 3 is 2.65 bits per heavy atom. The lowest BCUT2D eigenvalue weighted by Gasteiger charge is -2.11. The predicted molar refractivity (Wildman–Crippen MR) is 75.0 cm³/mol. The van der Waals surface area contributed by atoms with E-state index in [4.69, 9.17) is 0 Å². The number of aromatic nitrogens is 3. The number of hydrogen-bond acceptors (Lipinski definition) is 4. The summed E-state index contributed by atoms with van der Waals surface area (Å²) in [5.41, 5.74) is 1.08. The average molecular weight is 272 g/mol. The Morgan fingerprint density at radius 1 is 1.20 bits per heavy atom. The molecule has 0 saturated heterocycles. The lowest BCUT2D eigenvalue weighted by atomic mass is 10.2. The summed E-state index contributed by atoms with van der Waals surface area (Å²) in [4.78, 5) is 29.0. The Balaban J connectivity index is 2.22. The van der Waals surface area contributed by atoms with E-state index in [2.05, 4.69) is 10.1 Å². The topological polar surface area (TPSA) is 68.1 Å². The molecule has 0 atom stereocenters. The van der Waals surface area contributed by atoms with Gasteiger partial charge in [0.25, 0.3) is 5.56 Å². The van der Waals surface area contributed by atoms with Gasteiger partial charge in [-0.15, -0.1) is 0 Å². The summed E-state index contributed by atoms with van der Waals surface area (Å²) in [5, 5.41) is 4.24. The molecule has 0 aliphatic carbocycles. The molecule has 6 nitrogen and oxygen atoms in total. The van der Waals surface area contributed by atoms with Crippen LogP contribution in [0.25, 0.3) is 11.4 Å². The molecular weight excluding hydrogens is 256 g/mol. The molecule has 0 unspecified atom stereocenters. The minimum atomic E-state index is -0.226. The van der Waals surface area contributed by atoms with Crippen LogP contribution in [0.2, 0.25) is 0 Å². The van der Waals surface area contributed by atoms with E-state index in [0.29, 0.717) is 11.4 Å². The Bertz CT molecular complexity index is 650. The van der Waals surface area contributed by atoms with E-state index >= 15 is 0 Å². The minimum absolute atomic E-state index is 0.0399. The highest BCUT2D eigenvalue weighted by molar-refractivity contribution is 5.75. The zero-order valence-corrected chi connectivity index (χ0v) is 11.5. The summed E-state index contributed by atoms with van der Waals surface area (Å²) in [5.74, 6) is -0.0399. The van der Waals surface area contributed by atoms with Crippen LogP contribution < -0.4 is 5.56 Å². The van der Waals surface area contributed by atoms with Gasteiger partial charge >= 0.3 is 0 Å². The summed E-state index contributed by atoms with van der Waals surface area (Å²) in [6.07, 6.45) is 1.91. The van der Waals surface area contributed by atoms with Crippen molar-refractivity contribution in [3.05, 3.63) is 46.9 Å². The van der Waals surface area contributed by atoms with Crippen LogP contribution in [0.5, 0.6) is 0 Å². The van der Waals surface area contributed by atoms with E-state index in [9.17, 15) is 9.59 Å². The van der Waals surface area contributed by atoms with E-state index in [0.717, 1.165) is 0 Å². The zero-order valence-electron chi connectivity index (χ0n) is 11.5. The Morgan fingerprint density at radius 2 is 2.00 bits per heavy atom. The highest BCUT2D eigenvalue weighted by Gasteiger charge is 2.07. The molecule has 0 spiro atoms. The summed E-state index contributed by atoms with van der Waals surface area (Å²) in [6, 6.07) is 8.57. The summed E-state index contributed by atoms with van der Waals surface area (Å²) in [6.45, 7) is 0.260. The SMILES string of the molecule is CN(C)C(=O)CCn1nc(-c2ccccn2)ccc1=O. The molecule has 0 aromatic carbocycles. The maximum absolute atomic E-state index is 11.7. The van der Waals surface area contributed by atoms with Gasteiger partial charge in [-0.1, -0.05) is 6.07 Å². The molecule has 0 bridgehead atoms. The standard InChI is InChI=1S/C14H16N4O2/c1-17(2)13(19)8-10-18-14(20)7-6-12(16-18)11-5-3-4-9-15-11/h3-7,9H,8,10H2,1-2H3. The predicted octanol–water partition coefficient (Wildman–Crippen LogP) is 0.784. The third-order valence-corrected chi connectivity index (χ3v) is 2.83. The number of nitrogens with zero attached hydrogens (tertiary/aromatic N) is 4. The van der Waals surface area contributed by atoms with Crippen LogP contribution in [0.1, 0.15) is 6.42 Å². The van der Waals surface area contributed by atoms with Crippen LogP contribution in [0.3, 0.4) is 0 Å². The molecule has 0 N–H and O–H groups in total. The molecule has 2 aromatic heterocycles. The number of amides is 1. The van der Waals surface area contributed by atoms with Crippen molar-refractivity contribution in [1.29, 1.82) is 0 Å². The lowest BCUT2D eigenvalue weighted by molar-refractivity contribution is -0.128. The number of pyridine rings is 1. The van der Waals surface area contributed by atoms with Gasteiger partial charge in [-0.2, -0.15) is 5.10 Å². The van der Waals surface area contributed by atoms with Crippen molar-refractivity contribution in [2.45, 2.75) is 13.0 Å². The normalized spacial score (nSPS) is 10.3. The fourth-order valence-electron chi connectivity index (χ4n) is 1.69. The highest BCUT2D eigenvalue weighted by Crippen LogP contribution is 2.10. The maximum atomic E-state index is 11.7. The van der Waals surface area contributed by atoms with Crippen molar-refractivity contribution in [2.75, 3.05) is 14.1 Å². The number of hydrogen-bond donors (Lipinski definition) is 0. The van der Waals surface area contributed by atoms with E-state index in [1.165, 1.54) is 15.6 Å². The molecule has 6 heteroatoms. The molecule has 0 aliphatic rings. The van der Waals surface area contributed by atoms with Crippen LogP contribution >= 0.6 is 0 Å². The van der Waals surface area contributed by atoms with Gasteiger partial charge in [-0.25, -0.2) is 4.68 Å². The zero-order chi connectivity index (χ0) is 14.5. The maximum Gasteiger partial charge on any atom is 0.266 e. The van der Waals surface area contributed by atoms with Crippen LogP contribution in [0.15, 0.2) is 41.3 Å². The lowest BCUT2D eigenvalue weighted by Crippen LogP contribution is -2.27. The van der Waals surface area contributed by atoms with Gasteiger partial charge in [0, 0.05) is 32.8 Å². The van der Waals surface area contributed by atoms with Gasteiger partial charge in [0.2, 0.25) is 5.91 Å². The second-order valence-electron chi connectivity index (χ2n) is 4.53. The van der Waals surface area contributed by atoms with Crippen molar-refractivity contribution in [3.63, 3.8) is 0 Å². The second kappa shape index (κ2) is 6.10. The van der Waals surface area contributed by atoms with Crippen molar-refractivity contribution >= 4 is 5.91 Å². The monoisotopic (exact) mass is 272 g/mol. The molecular formula is C14H16N4O2. The molecule has 1 amide bonds. The van der Waals surface area contributed by atoms with Crippen molar-refractivity contribution in [3.8, 4) is 11.4 Å².